The predicted octanol–water partition coefficient (Wildman–Crippen LogP) is 1.51. The third-order valence-corrected chi connectivity index (χ3v) is 4.04. The van der Waals surface area contributed by atoms with Gasteiger partial charge in [0, 0.05) is 23.6 Å². The second-order valence-electron chi connectivity index (χ2n) is 5.14. The molecule has 3 amide bonds. The van der Waals surface area contributed by atoms with Crippen molar-refractivity contribution < 1.29 is 14.4 Å². The molecule has 118 valence electrons. The molecular formula is C15H18BrN3O3. The third kappa shape index (κ3) is 4.30. The van der Waals surface area contributed by atoms with Gasteiger partial charge in [-0.15, -0.1) is 0 Å². The van der Waals surface area contributed by atoms with Crippen LogP contribution in [0, 0.1) is 0 Å². The quantitative estimate of drug-likeness (QED) is 0.846. The Bertz CT molecular complexity index is 574. The van der Waals surface area contributed by atoms with Crippen LogP contribution in [-0.2, 0) is 14.4 Å². The van der Waals surface area contributed by atoms with E-state index in [1.165, 1.54) is 6.92 Å². The Morgan fingerprint density at radius 3 is 2.59 bits per heavy atom. The van der Waals surface area contributed by atoms with Crippen LogP contribution in [0.15, 0.2) is 28.7 Å². The van der Waals surface area contributed by atoms with Crippen LogP contribution in [0.5, 0.6) is 0 Å². The van der Waals surface area contributed by atoms with Gasteiger partial charge in [-0.1, -0.05) is 15.9 Å². The van der Waals surface area contributed by atoms with Gasteiger partial charge in [-0.2, -0.15) is 0 Å². The summed E-state index contributed by atoms with van der Waals surface area (Å²) in [6.07, 6.45) is 1.45. The molecule has 1 aromatic rings. The molecule has 6 nitrogen and oxygen atoms in total. The summed E-state index contributed by atoms with van der Waals surface area (Å²) in [6, 6.07) is 6.70. The van der Waals surface area contributed by atoms with E-state index in [9.17, 15) is 14.4 Å². The number of carbonyl (C=O) groups is 3. The lowest BCUT2D eigenvalue weighted by atomic mass is 10.2. The minimum Gasteiger partial charge on any atom is -0.345 e. The van der Waals surface area contributed by atoms with Gasteiger partial charge in [0.1, 0.15) is 6.04 Å². The number of likely N-dealkylation sites (tertiary alicyclic amines) is 1. The molecule has 2 rings (SSSR count). The van der Waals surface area contributed by atoms with E-state index in [2.05, 4.69) is 26.6 Å². The van der Waals surface area contributed by atoms with Crippen LogP contribution in [0.1, 0.15) is 19.8 Å². The molecule has 22 heavy (non-hydrogen) atoms. The van der Waals surface area contributed by atoms with Crippen molar-refractivity contribution in [2.75, 3.05) is 18.4 Å². The number of nitrogens with zero attached hydrogens (tertiary/aromatic N) is 1. The SMILES string of the molecule is CC(=O)N1CCCC1C(=O)NCC(=O)Nc1ccc(Br)cc1. The number of benzene rings is 1. The van der Waals surface area contributed by atoms with E-state index in [1.54, 1.807) is 17.0 Å². The van der Waals surface area contributed by atoms with Gasteiger partial charge in [0.15, 0.2) is 0 Å². The largest absolute Gasteiger partial charge is 0.345 e. The zero-order valence-corrected chi connectivity index (χ0v) is 13.9. The highest BCUT2D eigenvalue weighted by Gasteiger charge is 2.32. The maximum atomic E-state index is 12.1. The lowest BCUT2D eigenvalue weighted by Crippen LogP contribution is -2.46. The summed E-state index contributed by atoms with van der Waals surface area (Å²) >= 11 is 3.31. The van der Waals surface area contributed by atoms with Crippen molar-refractivity contribution in [1.29, 1.82) is 0 Å². The average Bonchev–Trinajstić information content (AvgIpc) is 2.97. The number of rotatable bonds is 4. The van der Waals surface area contributed by atoms with E-state index in [0.717, 1.165) is 10.9 Å². The summed E-state index contributed by atoms with van der Waals surface area (Å²) in [4.78, 5) is 36.9. The Hall–Kier alpha value is -1.89. The molecule has 0 aliphatic carbocycles. The molecule has 1 aromatic carbocycles. The normalized spacial score (nSPS) is 17.2. The van der Waals surface area contributed by atoms with Crippen molar-refractivity contribution in [3.63, 3.8) is 0 Å². The van der Waals surface area contributed by atoms with Gasteiger partial charge < -0.3 is 15.5 Å². The number of anilines is 1. The van der Waals surface area contributed by atoms with E-state index in [-0.39, 0.29) is 24.3 Å². The van der Waals surface area contributed by atoms with Crippen LogP contribution in [0.3, 0.4) is 0 Å². The topological polar surface area (TPSA) is 78.5 Å². The van der Waals surface area contributed by atoms with Crippen molar-refractivity contribution in [1.82, 2.24) is 10.2 Å². The molecule has 2 N–H and O–H groups in total. The molecule has 0 bridgehead atoms. The lowest BCUT2D eigenvalue weighted by Gasteiger charge is -2.22. The number of hydrogen-bond acceptors (Lipinski definition) is 3. The molecule has 1 atom stereocenters. The first-order chi connectivity index (χ1) is 10.5. The van der Waals surface area contributed by atoms with E-state index >= 15 is 0 Å². The first-order valence-electron chi connectivity index (χ1n) is 7.07. The second kappa shape index (κ2) is 7.40. The fourth-order valence-corrected chi connectivity index (χ4v) is 2.70. The van der Waals surface area contributed by atoms with Gasteiger partial charge in [-0.3, -0.25) is 14.4 Å². The van der Waals surface area contributed by atoms with Crippen LogP contribution in [0.25, 0.3) is 0 Å². The summed E-state index contributed by atoms with van der Waals surface area (Å²) in [5.74, 6) is -0.696. The first-order valence-corrected chi connectivity index (χ1v) is 7.87. The summed E-state index contributed by atoms with van der Waals surface area (Å²) in [5.41, 5.74) is 0.661. The van der Waals surface area contributed by atoms with Crippen molar-refractivity contribution in [3.05, 3.63) is 28.7 Å². The van der Waals surface area contributed by atoms with E-state index < -0.39 is 6.04 Å². The van der Waals surface area contributed by atoms with Crippen LogP contribution >= 0.6 is 15.9 Å². The molecule has 0 aromatic heterocycles. The molecule has 0 radical (unpaired) electrons. The molecule has 1 aliphatic rings. The molecular weight excluding hydrogens is 350 g/mol. The third-order valence-electron chi connectivity index (χ3n) is 3.51. The number of carbonyl (C=O) groups excluding carboxylic acids is 3. The number of halogens is 1. The minimum atomic E-state index is -0.460. The maximum absolute atomic E-state index is 12.1. The fourth-order valence-electron chi connectivity index (χ4n) is 2.44. The minimum absolute atomic E-state index is 0.114. The van der Waals surface area contributed by atoms with E-state index in [0.29, 0.717) is 18.7 Å². The molecule has 7 heteroatoms. The molecule has 1 aliphatic heterocycles. The first kappa shape index (κ1) is 16.5. The Morgan fingerprint density at radius 1 is 1.27 bits per heavy atom. The van der Waals surface area contributed by atoms with Crippen LogP contribution in [-0.4, -0.2) is 41.8 Å². The standard InChI is InChI=1S/C15H18BrN3O3/c1-10(20)19-8-2-3-13(19)15(22)17-9-14(21)18-12-6-4-11(16)5-7-12/h4-7,13H,2-3,8-9H2,1H3,(H,17,22)(H,18,21). The zero-order valence-electron chi connectivity index (χ0n) is 12.3. The van der Waals surface area contributed by atoms with Gasteiger partial charge in [0.25, 0.3) is 0 Å². The number of hydrogen-bond donors (Lipinski definition) is 2. The highest BCUT2D eigenvalue weighted by atomic mass is 79.9. The van der Waals surface area contributed by atoms with Crippen molar-refractivity contribution >= 4 is 39.3 Å². The van der Waals surface area contributed by atoms with Gasteiger partial charge in [-0.05, 0) is 37.1 Å². The van der Waals surface area contributed by atoms with Crippen LogP contribution in [0.4, 0.5) is 5.69 Å². The predicted molar refractivity (Wildman–Crippen MR) is 86.2 cm³/mol. The highest BCUT2D eigenvalue weighted by Crippen LogP contribution is 2.17. The van der Waals surface area contributed by atoms with Crippen LogP contribution < -0.4 is 10.6 Å². The second-order valence-corrected chi connectivity index (χ2v) is 6.06. The van der Waals surface area contributed by atoms with E-state index in [4.69, 9.17) is 0 Å². The molecule has 1 heterocycles. The summed E-state index contributed by atoms with van der Waals surface area (Å²) in [6.45, 7) is 1.93. The summed E-state index contributed by atoms with van der Waals surface area (Å²) in [7, 11) is 0. The Balaban J connectivity index is 1.81. The van der Waals surface area contributed by atoms with Gasteiger partial charge >= 0.3 is 0 Å². The highest BCUT2D eigenvalue weighted by molar-refractivity contribution is 9.10. The van der Waals surface area contributed by atoms with Crippen molar-refractivity contribution in [2.45, 2.75) is 25.8 Å². The smallest absolute Gasteiger partial charge is 0.243 e. The van der Waals surface area contributed by atoms with E-state index in [1.807, 2.05) is 12.1 Å². The molecule has 0 saturated carbocycles. The zero-order chi connectivity index (χ0) is 16.1. The monoisotopic (exact) mass is 367 g/mol. The fraction of sp³-hybridized carbons (Fsp3) is 0.400. The molecule has 1 fully saturated rings. The average molecular weight is 368 g/mol. The molecule has 1 unspecified atom stereocenters. The summed E-state index contributed by atoms with van der Waals surface area (Å²) < 4.78 is 0.921. The Kier molecular flexibility index (Phi) is 5.54. The van der Waals surface area contributed by atoms with Gasteiger partial charge in [0.05, 0.1) is 6.54 Å². The molecule has 0 spiro atoms. The number of amides is 3. The van der Waals surface area contributed by atoms with Crippen molar-refractivity contribution in [2.24, 2.45) is 0 Å². The lowest BCUT2D eigenvalue weighted by molar-refractivity contribution is -0.137. The molecule has 1 saturated heterocycles. The van der Waals surface area contributed by atoms with Gasteiger partial charge in [-0.25, -0.2) is 0 Å². The number of nitrogens with one attached hydrogen (secondary N) is 2. The Labute approximate surface area is 137 Å². The summed E-state index contributed by atoms with van der Waals surface area (Å²) in [5, 5.41) is 5.28. The van der Waals surface area contributed by atoms with Crippen LogP contribution in [0.2, 0.25) is 0 Å². The maximum Gasteiger partial charge on any atom is 0.243 e. The van der Waals surface area contributed by atoms with Gasteiger partial charge in [0.2, 0.25) is 17.7 Å². The van der Waals surface area contributed by atoms with Crippen molar-refractivity contribution in [3.8, 4) is 0 Å². The Morgan fingerprint density at radius 2 is 1.95 bits per heavy atom.